The zero-order valence-electron chi connectivity index (χ0n) is 13.1. The highest BCUT2D eigenvalue weighted by Crippen LogP contribution is 2.25. The van der Waals surface area contributed by atoms with Gasteiger partial charge in [-0.15, -0.1) is 6.58 Å². The van der Waals surface area contributed by atoms with Gasteiger partial charge in [0.25, 0.3) is 0 Å². The molecule has 20 heavy (non-hydrogen) atoms. The minimum atomic E-state index is 0.731. The van der Waals surface area contributed by atoms with E-state index in [9.17, 15) is 0 Å². The van der Waals surface area contributed by atoms with E-state index in [0.717, 1.165) is 43.5 Å². The Labute approximate surface area is 123 Å². The lowest BCUT2D eigenvalue weighted by atomic mass is 10.1. The fourth-order valence-electron chi connectivity index (χ4n) is 2.49. The van der Waals surface area contributed by atoms with Gasteiger partial charge in [0.1, 0.15) is 5.82 Å². The van der Waals surface area contributed by atoms with Crippen LogP contribution in [0.3, 0.4) is 0 Å². The molecule has 0 saturated heterocycles. The first-order chi connectivity index (χ1) is 9.61. The second-order valence-electron chi connectivity index (χ2n) is 5.89. The smallest absolute Gasteiger partial charge is 0.133 e. The van der Waals surface area contributed by atoms with Crippen molar-refractivity contribution in [3.8, 4) is 0 Å². The summed E-state index contributed by atoms with van der Waals surface area (Å²) in [5, 5.41) is 3.61. The predicted molar refractivity (Wildman–Crippen MR) is 86.3 cm³/mol. The van der Waals surface area contributed by atoms with Crippen molar-refractivity contribution >= 4 is 5.82 Å². The van der Waals surface area contributed by atoms with Crippen LogP contribution in [0.2, 0.25) is 0 Å². The molecule has 0 unspecified atom stereocenters. The number of rotatable bonds is 8. The SMILES string of the molecule is C=CCCCN(C)c1nc(C)cc(C)c1CNC1CC1. The molecule has 0 spiro atoms. The van der Waals surface area contributed by atoms with Crippen LogP contribution in [0.5, 0.6) is 0 Å². The van der Waals surface area contributed by atoms with E-state index in [2.05, 4.69) is 43.8 Å². The molecule has 1 saturated carbocycles. The molecule has 0 aromatic carbocycles. The highest BCUT2D eigenvalue weighted by Gasteiger charge is 2.21. The molecule has 0 amide bonds. The molecule has 1 aromatic heterocycles. The Hall–Kier alpha value is -1.35. The zero-order chi connectivity index (χ0) is 14.5. The number of nitrogens with zero attached hydrogens (tertiary/aromatic N) is 2. The summed E-state index contributed by atoms with van der Waals surface area (Å²) >= 11 is 0. The summed E-state index contributed by atoms with van der Waals surface area (Å²) in [6.07, 6.45) is 6.82. The van der Waals surface area contributed by atoms with Crippen LogP contribution in [0, 0.1) is 13.8 Å². The third kappa shape index (κ3) is 4.07. The zero-order valence-corrected chi connectivity index (χ0v) is 13.1. The van der Waals surface area contributed by atoms with Crippen LogP contribution in [0.1, 0.15) is 42.5 Å². The number of anilines is 1. The van der Waals surface area contributed by atoms with E-state index in [-0.39, 0.29) is 0 Å². The largest absolute Gasteiger partial charge is 0.359 e. The van der Waals surface area contributed by atoms with Gasteiger partial charge in [0.05, 0.1) is 0 Å². The van der Waals surface area contributed by atoms with Crippen LogP contribution < -0.4 is 10.2 Å². The van der Waals surface area contributed by atoms with E-state index < -0.39 is 0 Å². The average Bonchev–Trinajstić information content (AvgIpc) is 3.21. The molecule has 1 aliphatic carbocycles. The van der Waals surface area contributed by atoms with Crippen LogP contribution in [-0.2, 0) is 6.54 Å². The molecule has 2 rings (SSSR count). The van der Waals surface area contributed by atoms with Gasteiger partial charge in [-0.25, -0.2) is 4.98 Å². The first-order valence-electron chi connectivity index (χ1n) is 7.64. The standard InChI is InChI=1S/C17H27N3/c1-5-6-7-10-20(4)17-16(12-18-15-8-9-15)13(2)11-14(3)19-17/h5,11,15,18H,1,6-10,12H2,2-4H3. The average molecular weight is 273 g/mol. The van der Waals surface area contributed by atoms with Gasteiger partial charge < -0.3 is 10.2 Å². The number of aromatic nitrogens is 1. The summed E-state index contributed by atoms with van der Waals surface area (Å²) in [6, 6.07) is 2.92. The molecule has 0 atom stereocenters. The molecule has 1 fully saturated rings. The van der Waals surface area contributed by atoms with Crippen LogP contribution in [0.15, 0.2) is 18.7 Å². The quantitative estimate of drug-likeness (QED) is 0.581. The van der Waals surface area contributed by atoms with Crippen molar-refractivity contribution in [3.05, 3.63) is 35.5 Å². The Morgan fingerprint density at radius 3 is 2.85 bits per heavy atom. The third-order valence-electron chi connectivity index (χ3n) is 3.86. The Balaban J connectivity index is 2.12. The van der Waals surface area contributed by atoms with Crippen molar-refractivity contribution in [1.82, 2.24) is 10.3 Å². The molecule has 110 valence electrons. The van der Waals surface area contributed by atoms with Crippen molar-refractivity contribution in [1.29, 1.82) is 0 Å². The molecule has 3 heteroatoms. The summed E-state index contributed by atoms with van der Waals surface area (Å²) in [5.74, 6) is 1.14. The first kappa shape index (κ1) is 15.0. The lowest BCUT2D eigenvalue weighted by molar-refractivity contribution is 0.677. The van der Waals surface area contributed by atoms with Crippen molar-refractivity contribution in [2.45, 2.75) is 52.1 Å². The van der Waals surface area contributed by atoms with Crippen molar-refractivity contribution in [3.63, 3.8) is 0 Å². The lowest BCUT2D eigenvalue weighted by Gasteiger charge is -2.23. The van der Waals surface area contributed by atoms with Gasteiger partial charge >= 0.3 is 0 Å². The summed E-state index contributed by atoms with van der Waals surface area (Å²) < 4.78 is 0. The molecule has 1 aromatic rings. The van der Waals surface area contributed by atoms with Gasteiger partial charge in [-0.3, -0.25) is 0 Å². The number of nitrogens with one attached hydrogen (secondary N) is 1. The molecule has 0 aliphatic heterocycles. The third-order valence-corrected chi connectivity index (χ3v) is 3.86. The van der Waals surface area contributed by atoms with Crippen molar-refractivity contribution in [2.24, 2.45) is 0 Å². The van der Waals surface area contributed by atoms with Gasteiger partial charge in [-0.1, -0.05) is 6.08 Å². The minimum Gasteiger partial charge on any atom is -0.359 e. The van der Waals surface area contributed by atoms with Gasteiger partial charge in [-0.05, 0) is 51.2 Å². The number of aryl methyl sites for hydroxylation is 2. The Morgan fingerprint density at radius 2 is 2.20 bits per heavy atom. The van der Waals surface area contributed by atoms with E-state index in [0.29, 0.717) is 0 Å². The number of hydrogen-bond acceptors (Lipinski definition) is 3. The Bertz CT molecular complexity index is 464. The number of pyridine rings is 1. The van der Waals surface area contributed by atoms with Gasteiger partial charge in [0.15, 0.2) is 0 Å². The maximum Gasteiger partial charge on any atom is 0.133 e. The normalized spacial score (nSPS) is 14.3. The summed E-state index contributed by atoms with van der Waals surface area (Å²) in [4.78, 5) is 7.06. The molecule has 1 heterocycles. The summed E-state index contributed by atoms with van der Waals surface area (Å²) in [5.41, 5.74) is 3.79. The Morgan fingerprint density at radius 1 is 1.45 bits per heavy atom. The van der Waals surface area contributed by atoms with E-state index in [1.54, 1.807) is 0 Å². The maximum atomic E-state index is 4.77. The van der Waals surface area contributed by atoms with Gasteiger partial charge in [0.2, 0.25) is 0 Å². The maximum absolute atomic E-state index is 4.77. The lowest BCUT2D eigenvalue weighted by Crippen LogP contribution is -2.25. The Kier molecular flexibility index (Phi) is 5.18. The molecule has 3 nitrogen and oxygen atoms in total. The minimum absolute atomic E-state index is 0.731. The predicted octanol–water partition coefficient (Wildman–Crippen LogP) is 3.35. The molecule has 0 bridgehead atoms. The number of allylic oxidation sites excluding steroid dienone is 1. The summed E-state index contributed by atoms with van der Waals surface area (Å²) in [6.45, 7) is 10.0. The van der Waals surface area contributed by atoms with Crippen LogP contribution in [0.4, 0.5) is 5.82 Å². The fraction of sp³-hybridized carbons (Fsp3) is 0.588. The van der Waals surface area contributed by atoms with E-state index >= 15 is 0 Å². The van der Waals surface area contributed by atoms with E-state index in [1.165, 1.54) is 24.0 Å². The molecule has 0 radical (unpaired) electrons. The van der Waals surface area contributed by atoms with E-state index in [1.807, 2.05) is 6.08 Å². The molecular formula is C17H27N3. The molecule has 1 N–H and O–H groups in total. The highest BCUT2D eigenvalue weighted by molar-refractivity contribution is 5.51. The number of hydrogen-bond donors (Lipinski definition) is 1. The van der Waals surface area contributed by atoms with Crippen LogP contribution >= 0.6 is 0 Å². The van der Waals surface area contributed by atoms with Crippen molar-refractivity contribution < 1.29 is 0 Å². The van der Waals surface area contributed by atoms with Crippen LogP contribution in [0.25, 0.3) is 0 Å². The van der Waals surface area contributed by atoms with Crippen LogP contribution in [-0.4, -0.2) is 24.6 Å². The monoisotopic (exact) mass is 273 g/mol. The van der Waals surface area contributed by atoms with Gasteiger partial charge in [-0.2, -0.15) is 0 Å². The first-order valence-corrected chi connectivity index (χ1v) is 7.64. The second kappa shape index (κ2) is 6.89. The van der Waals surface area contributed by atoms with Gasteiger partial charge in [0, 0.05) is 37.4 Å². The fourth-order valence-corrected chi connectivity index (χ4v) is 2.49. The number of unbranched alkanes of at least 4 members (excludes halogenated alkanes) is 1. The molecule has 1 aliphatic rings. The second-order valence-corrected chi connectivity index (χ2v) is 5.89. The van der Waals surface area contributed by atoms with E-state index in [4.69, 9.17) is 4.98 Å². The van der Waals surface area contributed by atoms with Crippen molar-refractivity contribution in [2.75, 3.05) is 18.5 Å². The molecular weight excluding hydrogens is 246 g/mol. The highest BCUT2D eigenvalue weighted by atomic mass is 15.2. The topological polar surface area (TPSA) is 28.2 Å². The summed E-state index contributed by atoms with van der Waals surface area (Å²) in [7, 11) is 2.14.